The fourth-order valence-electron chi connectivity index (χ4n) is 1.41. The summed E-state index contributed by atoms with van der Waals surface area (Å²) in [6, 6.07) is 5.38. The van der Waals surface area contributed by atoms with E-state index in [-0.39, 0.29) is 5.91 Å². The first-order chi connectivity index (χ1) is 8.17. The van der Waals surface area contributed by atoms with Gasteiger partial charge in [-0.2, -0.15) is 0 Å². The van der Waals surface area contributed by atoms with Crippen molar-refractivity contribution in [3.05, 3.63) is 18.2 Å². The van der Waals surface area contributed by atoms with Crippen LogP contribution in [0, 0.1) is 0 Å². The van der Waals surface area contributed by atoms with Crippen LogP contribution in [-0.4, -0.2) is 26.1 Å². The van der Waals surface area contributed by atoms with Crippen molar-refractivity contribution in [3.8, 4) is 5.75 Å². The monoisotopic (exact) mass is 237 g/mol. The van der Waals surface area contributed by atoms with Gasteiger partial charge in [-0.1, -0.05) is 0 Å². The zero-order valence-electron chi connectivity index (χ0n) is 10.2. The van der Waals surface area contributed by atoms with Crippen LogP contribution in [0.25, 0.3) is 0 Å². The lowest BCUT2D eigenvalue weighted by atomic mass is 10.2. The number of ether oxygens (including phenoxy) is 1. The van der Waals surface area contributed by atoms with E-state index in [2.05, 4.69) is 10.6 Å². The lowest BCUT2D eigenvalue weighted by Crippen LogP contribution is -2.24. The molecule has 1 amide bonds. The average molecular weight is 237 g/mol. The molecule has 17 heavy (non-hydrogen) atoms. The summed E-state index contributed by atoms with van der Waals surface area (Å²) in [7, 11) is 1.60. The number of methoxy groups -OCH3 is 1. The van der Waals surface area contributed by atoms with Gasteiger partial charge in [-0.3, -0.25) is 4.79 Å². The van der Waals surface area contributed by atoms with Gasteiger partial charge in [0.05, 0.1) is 18.5 Å². The summed E-state index contributed by atoms with van der Waals surface area (Å²) in [6.45, 7) is 3.09. The Morgan fingerprint density at radius 1 is 1.47 bits per heavy atom. The lowest BCUT2D eigenvalue weighted by molar-refractivity contribution is -0.120. The molecule has 0 unspecified atom stereocenters. The fraction of sp³-hybridized carbons (Fsp3) is 0.417. The molecule has 5 heteroatoms. The van der Waals surface area contributed by atoms with Crippen LogP contribution in [-0.2, 0) is 4.79 Å². The molecule has 0 aromatic heterocycles. The van der Waals surface area contributed by atoms with Gasteiger partial charge in [0.15, 0.2) is 0 Å². The maximum absolute atomic E-state index is 11.2. The maximum atomic E-state index is 11.2. The van der Waals surface area contributed by atoms with E-state index in [4.69, 9.17) is 10.5 Å². The van der Waals surface area contributed by atoms with Gasteiger partial charge in [0.2, 0.25) is 5.91 Å². The quantitative estimate of drug-likeness (QED) is 0.650. The number of anilines is 2. The van der Waals surface area contributed by atoms with Crippen LogP contribution in [0.3, 0.4) is 0 Å². The molecule has 1 aromatic carbocycles. The smallest absolute Gasteiger partial charge is 0.221 e. The van der Waals surface area contributed by atoms with E-state index in [1.807, 2.05) is 13.0 Å². The van der Waals surface area contributed by atoms with Crippen molar-refractivity contribution >= 4 is 17.3 Å². The largest absolute Gasteiger partial charge is 0.497 e. The Morgan fingerprint density at radius 3 is 2.88 bits per heavy atom. The number of nitrogens with one attached hydrogen (secondary N) is 2. The molecule has 0 heterocycles. The van der Waals surface area contributed by atoms with E-state index in [1.54, 1.807) is 19.2 Å². The third-order valence-corrected chi connectivity index (χ3v) is 2.30. The first-order valence-corrected chi connectivity index (χ1v) is 5.61. The molecular weight excluding hydrogens is 218 g/mol. The first-order valence-electron chi connectivity index (χ1n) is 5.61. The molecule has 0 saturated heterocycles. The molecule has 0 saturated carbocycles. The van der Waals surface area contributed by atoms with Crippen molar-refractivity contribution in [2.75, 3.05) is 31.2 Å². The molecule has 0 radical (unpaired) electrons. The molecule has 4 N–H and O–H groups in total. The summed E-state index contributed by atoms with van der Waals surface area (Å²) in [4.78, 5) is 11.2. The molecule has 94 valence electrons. The van der Waals surface area contributed by atoms with Crippen LogP contribution in [0.5, 0.6) is 5.75 Å². The molecular formula is C12H19N3O2. The van der Waals surface area contributed by atoms with Gasteiger partial charge in [-0.25, -0.2) is 0 Å². The highest BCUT2D eigenvalue weighted by molar-refractivity contribution is 5.77. The zero-order valence-corrected chi connectivity index (χ0v) is 10.2. The van der Waals surface area contributed by atoms with Crippen LogP contribution >= 0.6 is 0 Å². The van der Waals surface area contributed by atoms with E-state index < -0.39 is 0 Å². The van der Waals surface area contributed by atoms with Crippen molar-refractivity contribution in [1.82, 2.24) is 5.32 Å². The summed E-state index contributed by atoms with van der Waals surface area (Å²) in [6.07, 6.45) is 0.421. The van der Waals surface area contributed by atoms with Crippen LogP contribution in [0.4, 0.5) is 11.4 Å². The van der Waals surface area contributed by atoms with Gasteiger partial charge in [0.25, 0.3) is 0 Å². The minimum Gasteiger partial charge on any atom is -0.497 e. The Labute approximate surface area is 101 Å². The van der Waals surface area contributed by atoms with Crippen LogP contribution < -0.4 is 21.1 Å². The first kappa shape index (κ1) is 13.2. The van der Waals surface area contributed by atoms with E-state index in [0.29, 0.717) is 25.2 Å². The Hall–Kier alpha value is -1.91. The molecule has 0 aliphatic heterocycles. The number of carbonyl (C=O) groups excluding carboxylic acids is 1. The Morgan fingerprint density at radius 2 is 2.24 bits per heavy atom. The van der Waals surface area contributed by atoms with Crippen molar-refractivity contribution in [2.24, 2.45) is 0 Å². The SMILES string of the molecule is CCNC(=O)CCNc1cc(OC)ccc1N. The summed E-state index contributed by atoms with van der Waals surface area (Å²) < 4.78 is 5.10. The number of carbonyl (C=O) groups is 1. The van der Waals surface area contributed by atoms with E-state index in [9.17, 15) is 4.79 Å². The zero-order chi connectivity index (χ0) is 12.7. The Kier molecular flexibility index (Phi) is 5.13. The minimum absolute atomic E-state index is 0.0291. The van der Waals surface area contributed by atoms with Crippen molar-refractivity contribution < 1.29 is 9.53 Å². The number of amides is 1. The van der Waals surface area contributed by atoms with Crippen molar-refractivity contribution in [1.29, 1.82) is 0 Å². The van der Waals surface area contributed by atoms with Crippen LogP contribution in [0.15, 0.2) is 18.2 Å². The molecule has 0 aliphatic carbocycles. The molecule has 0 fully saturated rings. The summed E-state index contributed by atoms with van der Waals surface area (Å²) >= 11 is 0. The fourth-order valence-corrected chi connectivity index (χ4v) is 1.41. The number of hydrogen-bond acceptors (Lipinski definition) is 4. The third-order valence-electron chi connectivity index (χ3n) is 2.30. The summed E-state index contributed by atoms with van der Waals surface area (Å²) in [5.74, 6) is 0.765. The summed E-state index contributed by atoms with van der Waals surface area (Å²) in [5.41, 5.74) is 7.23. The second-order valence-corrected chi connectivity index (χ2v) is 3.58. The lowest BCUT2D eigenvalue weighted by Gasteiger charge is -2.10. The molecule has 0 atom stereocenters. The van der Waals surface area contributed by atoms with Crippen LogP contribution in [0.1, 0.15) is 13.3 Å². The van der Waals surface area contributed by atoms with Gasteiger partial charge < -0.3 is 21.1 Å². The topological polar surface area (TPSA) is 76.4 Å². The standard InChI is InChI=1S/C12H19N3O2/c1-3-14-12(16)6-7-15-11-8-9(17-2)4-5-10(11)13/h4-5,8,15H,3,6-7,13H2,1-2H3,(H,14,16). The van der Waals surface area contributed by atoms with E-state index >= 15 is 0 Å². The van der Waals surface area contributed by atoms with Crippen LogP contribution in [0.2, 0.25) is 0 Å². The maximum Gasteiger partial charge on any atom is 0.221 e. The van der Waals surface area contributed by atoms with Gasteiger partial charge in [0.1, 0.15) is 5.75 Å². The highest BCUT2D eigenvalue weighted by atomic mass is 16.5. The van der Waals surface area contributed by atoms with Gasteiger partial charge in [-0.15, -0.1) is 0 Å². The molecule has 5 nitrogen and oxygen atoms in total. The molecule has 1 rings (SSSR count). The number of nitrogen functional groups attached to an aromatic ring is 1. The Balaban J connectivity index is 2.48. The molecule has 0 bridgehead atoms. The van der Waals surface area contributed by atoms with Gasteiger partial charge in [-0.05, 0) is 19.1 Å². The molecule has 0 aliphatic rings. The van der Waals surface area contributed by atoms with Crippen molar-refractivity contribution in [3.63, 3.8) is 0 Å². The highest BCUT2D eigenvalue weighted by Crippen LogP contribution is 2.24. The second kappa shape index (κ2) is 6.62. The number of nitrogens with two attached hydrogens (primary N) is 1. The normalized spacial score (nSPS) is 9.76. The number of rotatable bonds is 6. The highest BCUT2D eigenvalue weighted by Gasteiger charge is 2.03. The minimum atomic E-state index is 0.0291. The van der Waals surface area contributed by atoms with E-state index in [1.165, 1.54) is 0 Å². The third kappa shape index (κ3) is 4.22. The predicted octanol–water partition coefficient (Wildman–Crippen LogP) is 1.22. The number of hydrogen-bond donors (Lipinski definition) is 3. The number of benzene rings is 1. The average Bonchev–Trinajstić information content (AvgIpc) is 2.32. The van der Waals surface area contributed by atoms with E-state index in [0.717, 1.165) is 11.4 Å². The molecule has 1 aromatic rings. The second-order valence-electron chi connectivity index (χ2n) is 3.58. The molecule has 0 spiro atoms. The predicted molar refractivity (Wildman–Crippen MR) is 69.2 cm³/mol. The summed E-state index contributed by atoms with van der Waals surface area (Å²) in [5, 5.41) is 5.85. The Bertz CT molecular complexity index is 380. The van der Waals surface area contributed by atoms with Gasteiger partial charge in [0, 0.05) is 25.6 Å². The van der Waals surface area contributed by atoms with Crippen molar-refractivity contribution in [2.45, 2.75) is 13.3 Å². The van der Waals surface area contributed by atoms with Gasteiger partial charge >= 0.3 is 0 Å².